The minimum absolute atomic E-state index is 0.0765. The molecular formula is C19H24N2O5S2. The second-order valence-electron chi connectivity index (χ2n) is 5.79. The smallest absolute Gasteiger partial charge is 0.240 e. The fourth-order valence-electron chi connectivity index (χ4n) is 2.50. The molecule has 9 heteroatoms. The molecule has 0 bridgehead atoms. The predicted octanol–water partition coefficient (Wildman–Crippen LogP) is 3.25. The number of methoxy groups -OCH3 is 1. The zero-order valence-corrected chi connectivity index (χ0v) is 17.9. The number of anilines is 1. The van der Waals surface area contributed by atoms with Gasteiger partial charge in [-0.1, -0.05) is 6.07 Å². The normalized spacial score (nSPS) is 11.1. The highest BCUT2D eigenvalue weighted by Crippen LogP contribution is 2.29. The Labute approximate surface area is 169 Å². The SMILES string of the molecule is CCOc1cc(CNS(=O)(=O)c2ccc(SC)c(NC(C)=O)c2)ccc1OC. The molecule has 0 spiro atoms. The van der Waals surface area contributed by atoms with Crippen LogP contribution in [0.5, 0.6) is 11.5 Å². The van der Waals surface area contributed by atoms with Crippen LogP contribution in [0.2, 0.25) is 0 Å². The van der Waals surface area contributed by atoms with Crippen LogP contribution in [-0.4, -0.2) is 34.3 Å². The number of amides is 1. The van der Waals surface area contributed by atoms with Gasteiger partial charge in [0.05, 0.1) is 24.3 Å². The topological polar surface area (TPSA) is 93.7 Å². The Balaban J connectivity index is 2.22. The largest absolute Gasteiger partial charge is 0.493 e. The summed E-state index contributed by atoms with van der Waals surface area (Å²) < 4.78 is 38.7. The van der Waals surface area contributed by atoms with Gasteiger partial charge < -0.3 is 14.8 Å². The molecule has 0 heterocycles. The van der Waals surface area contributed by atoms with E-state index < -0.39 is 10.0 Å². The van der Waals surface area contributed by atoms with Gasteiger partial charge in [0.15, 0.2) is 11.5 Å². The second-order valence-corrected chi connectivity index (χ2v) is 8.40. The molecule has 2 N–H and O–H groups in total. The molecule has 2 aromatic rings. The van der Waals surface area contributed by atoms with E-state index in [0.717, 1.165) is 10.5 Å². The molecule has 28 heavy (non-hydrogen) atoms. The number of sulfonamides is 1. The number of hydrogen-bond donors (Lipinski definition) is 2. The number of thioether (sulfide) groups is 1. The summed E-state index contributed by atoms with van der Waals surface area (Å²) in [6.07, 6.45) is 1.85. The molecule has 0 aliphatic heterocycles. The summed E-state index contributed by atoms with van der Waals surface area (Å²) in [7, 11) is -2.22. The zero-order chi connectivity index (χ0) is 20.7. The maximum atomic E-state index is 12.7. The van der Waals surface area contributed by atoms with Crippen LogP contribution in [0.3, 0.4) is 0 Å². The maximum Gasteiger partial charge on any atom is 0.240 e. The molecular weight excluding hydrogens is 400 g/mol. The van der Waals surface area contributed by atoms with Gasteiger partial charge in [-0.25, -0.2) is 13.1 Å². The Kier molecular flexibility index (Phi) is 7.73. The fourth-order valence-corrected chi connectivity index (χ4v) is 4.08. The number of ether oxygens (including phenoxy) is 2. The summed E-state index contributed by atoms with van der Waals surface area (Å²) in [5, 5.41) is 2.66. The molecule has 0 aromatic heterocycles. The number of carbonyl (C=O) groups excluding carboxylic acids is 1. The van der Waals surface area contributed by atoms with Gasteiger partial charge in [-0.3, -0.25) is 4.79 Å². The number of nitrogens with one attached hydrogen (secondary N) is 2. The van der Waals surface area contributed by atoms with E-state index in [9.17, 15) is 13.2 Å². The molecule has 0 saturated heterocycles. The van der Waals surface area contributed by atoms with Crippen LogP contribution >= 0.6 is 11.8 Å². The Morgan fingerprint density at radius 3 is 2.50 bits per heavy atom. The molecule has 2 rings (SSSR count). The van der Waals surface area contributed by atoms with Gasteiger partial charge in [-0.15, -0.1) is 11.8 Å². The highest BCUT2D eigenvalue weighted by molar-refractivity contribution is 7.98. The van der Waals surface area contributed by atoms with Crippen molar-refractivity contribution < 1.29 is 22.7 Å². The number of benzene rings is 2. The maximum absolute atomic E-state index is 12.7. The molecule has 2 aromatic carbocycles. The molecule has 0 unspecified atom stereocenters. The van der Waals surface area contributed by atoms with E-state index in [1.54, 1.807) is 31.4 Å². The standard InChI is InChI=1S/C19H24N2O5S2/c1-5-26-18-10-14(6-8-17(18)25-3)12-20-28(23,24)15-7-9-19(27-4)16(11-15)21-13(2)22/h6-11,20H,5,12H2,1-4H3,(H,21,22). The lowest BCUT2D eigenvalue weighted by Gasteiger charge is -2.13. The third kappa shape index (κ3) is 5.63. The van der Waals surface area contributed by atoms with E-state index in [1.807, 2.05) is 13.2 Å². The van der Waals surface area contributed by atoms with Crippen molar-refractivity contribution in [3.05, 3.63) is 42.0 Å². The van der Waals surface area contributed by atoms with Crippen LogP contribution in [-0.2, 0) is 21.4 Å². The molecule has 152 valence electrons. The third-order valence-corrected chi connectivity index (χ3v) is 5.98. The Morgan fingerprint density at radius 1 is 1.14 bits per heavy atom. The van der Waals surface area contributed by atoms with Gasteiger partial charge >= 0.3 is 0 Å². The number of carbonyl (C=O) groups is 1. The van der Waals surface area contributed by atoms with Crippen LogP contribution in [0.25, 0.3) is 0 Å². The van der Waals surface area contributed by atoms with Crippen molar-refractivity contribution >= 4 is 33.4 Å². The van der Waals surface area contributed by atoms with E-state index in [0.29, 0.717) is 23.8 Å². The van der Waals surface area contributed by atoms with Crippen molar-refractivity contribution in [2.75, 3.05) is 25.3 Å². The number of rotatable bonds is 9. The average molecular weight is 425 g/mol. The average Bonchev–Trinajstić information content (AvgIpc) is 2.66. The van der Waals surface area contributed by atoms with Crippen LogP contribution in [0.1, 0.15) is 19.4 Å². The molecule has 0 atom stereocenters. The zero-order valence-electron chi connectivity index (χ0n) is 16.2. The fraction of sp³-hybridized carbons (Fsp3) is 0.316. The van der Waals surface area contributed by atoms with Gasteiger partial charge in [-0.05, 0) is 49.1 Å². The number of hydrogen-bond acceptors (Lipinski definition) is 6. The van der Waals surface area contributed by atoms with Crippen molar-refractivity contribution in [1.82, 2.24) is 4.72 Å². The minimum atomic E-state index is -3.77. The lowest BCUT2D eigenvalue weighted by molar-refractivity contribution is -0.114. The van der Waals surface area contributed by atoms with E-state index in [2.05, 4.69) is 10.0 Å². The molecule has 0 aliphatic carbocycles. The van der Waals surface area contributed by atoms with E-state index in [4.69, 9.17) is 9.47 Å². The van der Waals surface area contributed by atoms with Gasteiger partial charge in [0.25, 0.3) is 0 Å². The highest BCUT2D eigenvalue weighted by atomic mass is 32.2. The van der Waals surface area contributed by atoms with Crippen LogP contribution in [0, 0.1) is 0 Å². The summed E-state index contributed by atoms with van der Waals surface area (Å²) in [5.74, 6) is 0.875. The molecule has 1 amide bonds. The van der Waals surface area contributed by atoms with E-state index in [1.165, 1.54) is 30.8 Å². The lowest BCUT2D eigenvalue weighted by Crippen LogP contribution is -2.23. The van der Waals surface area contributed by atoms with Crippen LogP contribution in [0.15, 0.2) is 46.2 Å². The molecule has 0 aliphatic rings. The molecule has 0 radical (unpaired) electrons. The van der Waals surface area contributed by atoms with Crippen LogP contribution in [0.4, 0.5) is 5.69 Å². The quantitative estimate of drug-likeness (QED) is 0.600. The van der Waals surface area contributed by atoms with Gasteiger partial charge in [0.1, 0.15) is 0 Å². The van der Waals surface area contributed by atoms with Crippen molar-refractivity contribution in [3.63, 3.8) is 0 Å². The Bertz CT molecular complexity index is 945. The predicted molar refractivity (Wildman–Crippen MR) is 111 cm³/mol. The molecule has 0 fully saturated rings. The molecule has 7 nitrogen and oxygen atoms in total. The van der Waals surface area contributed by atoms with Gasteiger partial charge in [0.2, 0.25) is 15.9 Å². The summed E-state index contributed by atoms with van der Waals surface area (Å²) in [4.78, 5) is 12.2. The lowest BCUT2D eigenvalue weighted by atomic mass is 10.2. The van der Waals surface area contributed by atoms with E-state index >= 15 is 0 Å². The van der Waals surface area contributed by atoms with Crippen molar-refractivity contribution in [2.24, 2.45) is 0 Å². The van der Waals surface area contributed by atoms with Gasteiger partial charge in [-0.2, -0.15) is 0 Å². The summed E-state index contributed by atoms with van der Waals surface area (Å²) >= 11 is 1.42. The summed E-state index contributed by atoms with van der Waals surface area (Å²) in [6, 6.07) is 9.88. The van der Waals surface area contributed by atoms with Crippen molar-refractivity contribution in [3.8, 4) is 11.5 Å². The van der Waals surface area contributed by atoms with E-state index in [-0.39, 0.29) is 17.3 Å². The Hall–Kier alpha value is -2.23. The van der Waals surface area contributed by atoms with Crippen LogP contribution < -0.4 is 19.5 Å². The second kappa shape index (κ2) is 9.81. The highest BCUT2D eigenvalue weighted by Gasteiger charge is 2.17. The first-order chi connectivity index (χ1) is 13.3. The first-order valence-electron chi connectivity index (χ1n) is 8.55. The van der Waals surface area contributed by atoms with Crippen molar-refractivity contribution in [2.45, 2.75) is 30.2 Å². The third-order valence-electron chi connectivity index (χ3n) is 3.79. The summed E-state index contributed by atoms with van der Waals surface area (Å²) in [6.45, 7) is 3.80. The van der Waals surface area contributed by atoms with Gasteiger partial charge in [0, 0.05) is 18.4 Å². The Morgan fingerprint density at radius 2 is 1.89 bits per heavy atom. The summed E-state index contributed by atoms with van der Waals surface area (Å²) in [5.41, 5.74) is 1.20. The first kappa shape index (κ1) is 22.1. The minimum Gasteiger partial charge on any atom is -0.493 e. The van der Waals surface area contributed by atoms with Crippen molar-refractivity contribution in [1.29, 1.82) is 0 Å². The first-order valence-corrected chi connectivity index (χ1v) is 11.3. The monoisotopic (exact) mass is 424 g/mol. The molecule has 0 saturated carbocycles.